The number of hydrogen-bond donors (Lipinski definition) is 0. The van der Waals surface area contributed by atoms with Gasteiger partial charge in [0.15, 0.2) is 0 Å². The van der Waals surface area contributed by atoms with Crippen molar-refractivity contribution in [1.82, 2.24) is 0 Å². The molecule has 0 atom stereocenters. The zero-order valence-electron chi connectivity index (χ0n) is 13.5. The Labute approximate surface area is 141 Å². The average Bonchev–Trinajstić information content (AvgIpc) is 3.00. The van der Waals surface area contributed by atoms with Crippen molar-refractivity contribution in [2.24, 2.45) is 0 Å². The maximum Gasteiger partial charge on any atom is 0.416 e. The van der Waals surface area contributed by atoms with Crippen LogP contribution in [0.3, 0.4) is 0 Å². The number of benzene rings is 1. The number of furan rings is 1. The molecule has 0 amide bonds. The highest BCUT2D eigenvalue weighted by Crippen LogP contribution is 2.34. The molecular formula is C17H15F3O5. The summed E-state index contributed by atoms with van der Waals surface area (Å²) in [5.74, 6) is -2.36. The van der Waals surface area contributed by atoms with Crippen molar-refractivity contribution in [2.75, 3.05) is 13.2 Å². The molecule has 25 heavy (non-hydrogen) atoms. The van der Waals surface area contributed by atoms with Crippen LogP contribution in [-0.2, 0) is 15.7 Å². The lowest BCUT2D eigenvalue weighted by atomic mass is 10.0. The standard InChI is InChI=1S/C17H15F3O5/c1-3-23-15(21)13-9-12(14(25-13)16(22)24-4-2)10-6-5-7-11(8-10)17(18,19)20/h5-9H,3-4H2,1-2H3. The minimum Gasteiger partial charge on any atom is -0.460 e. The molecule has 1 heterocycles. The van der Waals surface area contributed by atoms with Crippen LogP contribution in [0.25, 0.3) is 11.1 Å². The molecule has 0 aliphatic rings. The summed E-state index contributed by atoms with van der Waals surface area (Å²) in [6.07, 6.45) is -4.55. The normalized spacial score (nSPS) is 11.2. The number of rotatable bonds is 5. The number of hydrogen-bond acceptors (Lipinski definition) is 5. The number of halogens is 3. The number of esters is 2. The fourth-order valence-corrected chi connectivity index (χ4v) is 2.12. The molecule has 0 aliphatic carbocycles. The van der Waals surface area contributed by atoms with Crippen LogP contribution in [0.5, 0.6) is 0 Å². The minimum absolute atomic E-state index is 0.0209. The highest BCUT2D eigenvalue weighted by molar-refractivity contribution is 5.98. The first-order valence-corrected chi connectivity index (χ1v) is 7.43. The van der Waals surface area contributed by atoms with Crippen molar-refractivity contribution in [3.63, 3.8) is 0 Å². The molecule has 0 fully saturated rings. The molecule has 1 aromatic carbocycles. The number of ether oxygens (including phenoxy) is 2. The summed E-state index contributed by atoms with van der Waals surface area (Å²) in [7, 11) is 0. The Kier molecular flexibility index (Phi) is 5.51. The highest BCUT2D eigenvalue weighted by Gasteiger charge is 2.31. The van der Waals surface area contributed by atoms with Crippen molar-refractivity contribution < 1.29 is 36.7 Å². The van der Waals surface area contributed by atoms with Crippen molar-refractivity contribution in [3.05, 3.63) is 47.4 Å². The van der Waals surface area contributed by atoms with Gasteiger partial charge in [-0.05, 0) is 31.5 Å². The molecule has 0 saturated carbocycles. The van der Waals surface area contributed by atoms with Gasteiger partial charge in [-0.2, -0.15) is 13.2 Å². The lowest BCUT2D eigenvalue weighted by Gasteiger charge is -2.08. The molecule has 2 rings (SSSR count). The van der Waals surface area contributed by atoms with Gasteiger partial charge in [-0.15, -0.1) is 0 Å². The molecule has 2 aromatic rings. The average molecular weight is 356 g/mol. The van der Waals surface area contributed by atoms with E-state index in [-0.39, 0.29) is 35.9 Å². The fourth-order valence-electron chi connectivity index (χ4n) is 2.12. The molecule has 0 radical (unpaired) electrons. The lowest BCUT2D eigenvalue weighted by Crippen LogP contribution is -2.06. The molecule has 0 bridgehead atoms. The molecule has 0 N–H and O–H groups in total. The third kappa shape index (κ3) is 4.20. The predicted molar refractivity (Wildman–Crippen MR) is 81.1 cm³/mol. The number of alkyl halides is 3. The summed E-state index contributed by atoms with van der Waals surface area (Å²) in [4.78, 5) is 23.8. The van der Waals surface area contributed by atoms with Gasteiger partial charge in [-0.3, -0.25) is 0 Å². The minimum atomic E-state index is -4.55. The summed E-state index contributed by atoms with van der Waals surface area (Å²) in [5.41, 5.74) is -0.802. The Balaban J connectivity index is 2.55. The maximum atomic E-state index is 12.9. The van der Waals surface area contributed by atoms with Crippen LogP contribution < -0.4 is 0 Å². The first kappa shape index (κ1) is 18.6. The van der Waals surface area contributed by atoms with E-state index in [4.69, 9.17) is 13.9 Å². The Morgan fingerprint density at radius 2 is 1.68 bits per heavy atom. The van der Waals surface area contributed by atoms with Gasteiger partial charge >= 0.3 is 18.1 Å². The van der Waals surface area contributed by atoms with E-state index in [2.05, 4.69) is 0 Å². The quantitative estimate of drug-likeness (QED) is 0.747. The zero-order chi connectivity index (χ0) is 18.6. The summed E-state index contributed by atoms with van der Waals surface area (Å²) < 4.78 is 53.5. The lowest BCUT2D eigenvalue weighted by molar-refractivity contribution is -0.137. The van der Waals surface area contributed by atoms with Crippen LogP contribution in [0.4, 0.5) is 13.2 Å². The second kappa shape index (κ2) is 7.42. The monoisotopic (exact) mass is 356 g/mol. The molecule has 0 spiro atoms. The van der Waals surface area contributed by atoms with E-state index < -0.39 is 23.7 Å². The fraction of sp³-hybridized carbons (Fsp3) is 0.294. The topological polar surface area (TPSA) is 65.7 Å². The summed E-state index contributed by atoms with van der Waals surface area (Å²) >= 11 is 0. The SMILES string of the molecule is CCOC(=O)c1cc(-c2cccc(C(F)(F)F)c2)c(C(=O)OCC)o1. The van der Waals surface area contributed by atoms with Crippen molar-refractivity contribution in [1.29, 1.82) is 0 Å². The molecule has 5 nitrogen and oxygen atoms in total. The summed E-state index contributed by atoms with van der Waals surface area (Å²) in [6, 6.07) is 5.50. The van der Waals surface area contributed by atoms with Gasteiger partial charge < -0.3 is 13.9 Å². The third-order valence-electron chi connectivity index (χ3n) is 3.17. The smallest absolute Gasteiger partial charge is 0.416 e. The van der Waals surface area contributed by atoms with Crippen LogP contribution in [0.1, 0.15) is 40.5 Å². The van der Waals surface area contributed by atoms with Crippen LogP contribution in [0.15, 0.2) is 34.7 Å². The molecule has 134 valence electrons. The van der Waals surface area contributed by atoms with Gasteiger partial charge in [0.25, 0.3) is 0 Å². The highest BCUT2D eigenvalue weighted by atomic mass is 19.4. The van der Waals surface area contributed by atoms with Crippen molar-refractivity contribution >= 4 is 11.9 Å². The van der Waals surface area contributed by atoms with Crippen LogP contribution in [0.2, 0.25) is 0 Å². The van der Waals surface area contributed by atoms with E-state index in [9.17, 15) is 22.8 Å². The van der Waals surface area contributed by atoms with Gasteiger partial charge in [0.2, 0.25) is 11.5 Å². The van der Waals surface area contributed by atoms with Crippen molar-refractivity contribution in [3.8, 4) is 11.1 Å². The Bertz CT molecular complexity index is 777. The number of carbonyl (C=O) groups is 2. The largest absolute Gasteiger partial charge is 0.460 e. The van der Waals surface area contributed by atoms with E-state index in [0.717, 1.165) is 12.1 Å². The first-order valence-electron chi connectivity index (χ1n) is 7.43. The van der Waals surface area contributed by atoms with Crippen LogP contribution >= 0.6 is 0 Å². The third-order valence-corrected chi connectivity index (χ3v) is 3.17. The maximum absolute atomic E-state index is 12.9. The van der Waals surface area contributed by atoms with Crippen molar-refractivity contribution in [2.45, 2.75) is 20.0 Å². The van der Waals surface area contributed by atoms with E-state index >= 15 is 0 Å². The second-order valence-corrected chi connectivity index (χ2v) is 4.87. The molecule has 1 aromatic heterocycles. The zero-order valence-corrected chi connectivity index (χ0v) is 13.5. The number of carbonyl (C=O) groups excluding carboxylic acids is 2. The Hall–Kier alpha value is -2.77. The molecular weight excluding hydrogens is 341 g/mol. The molecule has 0 aliphatic heterocycles. The summed E-state index contributed by atoms with van der Waals surface area (Å²) in [5, 5.41) is 0. The molecule has 8 heteroatoms. The van der Waals surface area contributed by atoms with E-state index in [1.54, 1.807) is 13.8 Å². The van der Waals surface area contributed by atoms with Gasteiger partial charge in [-0.25, -0.2) is 9.59 Å². The first-order chi connectivity index (χ1) is 11.8. The second-order valence-electron chi connectivity index (χ2n) is 4.87. The van der Waals surface area contributed by atoms with E-state index in [1.165, 1.54) is 18.2 Å². The van der Waals surface area contributed by atoms with Gasteiger partial charge in [0, 0.05) is 11.6 Å². The summed E-state index contributed by atoms with van der Waals surface area (Å²) in [6.45, 7) is 3.27. The van der Waals surface area contributed by atoms with Gasteiger partial charge in [0.05, 0.1) is 18.8 Å². The Morgan fingerprint density at radius 3 is 2.28 bits per heavy atom. The van der Waals surface area contributed by atoms with Gasteiger partial charge in [-0.1, -0.05) is 12.1 Å². The molecule has 0 unspecified atom stereocenters. The Morgan fingerprint density at radius 1 is 1.04 bits per heavy atom. The van der Waals surface area contributed by atoms with Gasteiger partial charge in [0.1, 0.15) is 0 Å². The van der Waals surface area contributed by atoms with E-state index in [1.807, 2.05) is 0 Å². The molecule has 0 saturated heterocycles. The van der Waals surface area contributed by atoms with Crippen LogP contribution in [-0.4, -0.2) is 25.2 Å². The van der Waals surface area contributed by atoms with E-state index in [0.29, 0.717) is 0 Å². The van der Waals surface area contributed by atoms with Crippen LogP contribution in [0, 0.1) is 0 Å². The predicted octanol–water partition coefficient (Wildman–Crippen LogP) is 4.32.